The number of benzene rings is 3. The molecule has 3 N–H and O–H groups in total. The largest absolute Gasteiger partial charge is 0.490 e. The third kappa shape index (κ3) is 4.03. The van der Waals surface area contributed by atoms with E-state index in [1.807, 2.05) is 0 Å². The van der Waals surface area contributed by atoms with Crippen LogP contribution in [0.2, 0.25) is 10.0 Å². The number of fused-ring (bicyclic) bond motifs is 2. The number of hydrogen-bond donors (Lipinski definition) is 3. The fraction of sp³-hybridized carbons (Fsp3) is 0.130. The van der Waals surface area contributed by atoms with Crippen LogP contribution in [0.1, 0.15) is 37.9 Å². The molecule has 33 heavy (non-hydrogen) atoms. The van der Waals surface area contributed by atoms with Crippen molar-refractivity contribution in [2.24, 2.45) is 0 Å². The Hall–Kier alpha value is -2.81. The van der Waals surface area contributed by atoms with Gasteiger partial charge in [-0.05, 0) is 36.4 Å². The number of halogens is 4. The summed E-state index contributed by atoms with van der Waals surface area (Å²) in [6.07, 6.45) is 0. The van der Waals surface area contributed by atoms with Crippen molar-refractivity contribution in [3.63, 3.8) is 0 Å². The molecule has 2 heterocycles. The highest BCUT2D eigenvalue weighted by molar-refractivity contribution is 9.10. The predicted octanol–water partition coefficient (Wildman–Crippen LogP) is 5.78. The van der Waals surface area contributed by atoms with Gasteiger partial charge in [0.25, 0.3) is 11.8 Å². The van der Waals surface area contributed by atoms with Crippen LogP contribution in [0.25, 0.3) is 0 Å². The first-order chi connectivity index (χ1) is 15.8. The zero-order valence-corrected chi connectivity index (χ0v) is 19.9. The molecule has 0 saturated heterocycles. The van der Waals surface area contributed by atoms with E-state index in [-0.39, 0.29) is 5.91 Å². The molecular weight excluding hydrogens is 536 g/mol. The molecule has 0 saturated carbocycles. The van der Waals surface area contributed by atoms with E-state index in [1.165, 1.54) is 18.2 Å². The highest BCUT2D eigenvalue weighted by Gasteiger charge is 2.35. The maximum atomic E-state index is 14.0. The fourth-order valence-electron chi connectivity index (χ4n) is 4.05. The summed E-state index contributed by atoms with van der Waals surface area (Å²) in [5.74, 6) is -0.811. The second-order valence-electron chi connectivity index (χ2n) is 7.54. The Morgan fingerprint density at radius 3 is 2.82 bits per heavy atom. The van der Waals surface area contributed by atoms with Crippen LogP contribution in [0, 0.1) is 5.82 Å². The lowest BCUT2D eigenvalue weighted by atomic mass is 9.96. The van der Waals surface area contributed by atoms with E-state index in [0.29, 0.717) is 67.0 Å². The molecule has 10 heteroatoms. The van der Waals surface area contributed by atoms with Crippen LogP contribution in [0.4, 0.5) is 15.8 Å². The summed E-state index contributed by atoms with van der Waals surface area (Å²) in [5, 5.41) is 9.51. The normalized spacial score (nSPS) is 16.2. The van der Waals surface area contributed by atoms with Crippen LogP contribution in [0.5, 0.6) is 5.75 Å². The molecule has 2 aliphatic heterocycles. The first-order valence-electron chi connectivity index (χ1n) is 9.92. The van der Waals surface area contributed by atoms with Crippen LogP contribution in [0.3, 0.4) is 0 Å². The topological polar surface area (TPSA) is 79.5 Å². The van der Waals surface area contributed by atoms with E-state index in [4.69, 9.17) is 27.9 Å². The van der Waals surface area contributed by atoms with Crippen LogP contribution >= 0.6 is 39.1 Å². The maximum Gasteiger partial charge on any atom is 0.257 e. The predicted molar refractivity (Wildman–Crippen MR) is 128 cm³/mol. The monoisotopic (exact) mass is 549 g/mol. The van der Waals surface area contributed by atoms with Crippen molar-refractivity contribution in [2.75, 3.05) is 23.8 Å². The van der Waals surface area contributed by atoms with Crippen LogP contribution in [-0.4, -0.2) is 25.0 Å². The standard InChI is InChI=1S/C23H15BrCl2FN3O3/c24-10-5-14-19(21(30-22(14)31)13-9-12(27)1-2-16(13)26)17(6-10)29-23(32)15-7-11(25)8-18-20(15)28-3-4-33-18/h1-2,5-9,21,28H,3-4H2,(H,29,32)(H,30,31). The Morgan fingerprint density at radius 2 is 2.00 bits per heavy atom. The van der Waals surface area contributed by atoms with Crippen molar-refractivity contribution in [3.05, 3.63) is 85.1 Å². The Bertz CT molecular complexity index is 1330. The van der Waals surface area contributed by atoms with Gasteiger partial charge in [-0.15, -0.1) is 0 Å². The van der Waals surface area contributed by atoms with Crippen molar-refractivity contribution >= 4 is 62.3 Å². The molecule has 168 valence electrons. The molecule has 0 aliphatic carbocycles. The molecular formula is C23H15BrCl2FN3O3. The Balaban J connectivity index is 1.59. The zero-order chi connectivity index (χ0) is 23.3. The lowest BCUT2D eigenvalue weighted by Crippen LogP contribution is -2.23. The van der Waals surface area contributed by atoms with Crippen LogP contribution in [-0.2, 0) is 0 Å². The molecule has 0 radical (unpaired) electrons. The third-order valence-electron chi connectivity index (χ3n) is 5.44. The molecule has 0 aromatic heterocycles. The van der Waals surface area contributed by atoms with Crippen molar-refractivity contribution < 1.29 is 18.7 Å². The first-order valence-corrected chi connectivity index (χ1v) is 11.5. The van der Waals surface area contributed by atoms with E-state index in [1.54, 1.807) is 24.3 Å². The number of nitrogens with one attached hydrogen (secondary N) is 3. The van der Waals surface area contributed by atoms with Crippen LogP contribution < -0.4 is 20.7 Å². The van der Waals surface area contributed by atoms with Gasteiger partial charge in [0.1, 0.15) is 18.2 Å². The summed E-state index contributed by atoms with van der Waals surface area (Å²) in [6.45, 7) is 0.997. The number of carbonyl (C=O) groups excluding carboxylic acids is 2. The van der Waals surface area contributed by atoms with Gasteiger partial charge in [-0.3, -0.25) is 9.59 Å². The molecule has 2 amide bonds. The summed E-state index contributed by atoms with van der Waals surface area (Å²) < 4.78 is 20.2. The Morgan fingerprint density at radius 1 is 1.18 bits per heavy atom. The van der Waals surface area contributed by atoms with Gasteiger partial charge in [-0.2, -0.15) is 0 Å². The van der Waals surface area contributed by atoms with Gasteiger partial charge in [0.2, 0.25) is 0 Å². The summed E-state index contributed by atoms with van der Waals surface area (Å²) in [6, 6.07) is 9.70. The minimum absolute atomic E-state index is 0.292. The maximum absolute atomic E-state index is 14.0. The highest BCUT2D eigenvalue weighted by atomic mass is 79.9. The molecule has 0 fully saturated rings. The Kier molecular flexibility index (Phi) is 5.68. The number of ether oxygens (including phenoxy) is 1. The minimum atomic E-state index is -0.742. The van der Waals surface area contributed by atoms with Gasteiger partial charge in [-0.1, -0.05) is 39.1 Å². The van der Waals surface area contributed by atoms with E-state index in [0.717, 1.165) is 0 Å². The molecule has 0 bridgehead atoms. The second-order valence-corrected chi connectivity index (χ2v) is 9.30. The highest BCUT2D eigenvalue weighted by Crippen LogP contribution is 2.41. The number of carbonyl (C=O) groups is 2. The molecule has 1 unspecified atom stereocenters. The first kappa shape index (κ1) is 22.0. The van der Waals surface area contributed by atoms with Gasteiger partial charge in [-0.25, -0.2) is 4.39 Å². The Labute approximate surface area is 206 Å². The molecule has 2 aliphatic rings. The average molecular weight is 551 g/mol. The minimum Gasteiger partial charge on any atom is -0.490 e. The number of hydrogen-bond acceptors (Lipinski definition) is 4. The molecule has 1 atom stereocenters. The SMILES string of the molecule is O=C(Nc1cc(Br)cc2c1C(c1cc(F)ccc1Cl)NC2=O)c1cc(Cl)cc2c1NCCO2. The van der Waals surface area contributed by atoms with E-state index in [9.17, 15) is 14.0 Å². The second kappa shape index (κ2) is 8.52. The zero-order valence-electron chi connectivity index (χ0n) is 16.8. The number of anilines is 2. The molecule has 6 nitrogen and oxygen atoms in total. The summed E-state index contributed by atoms with van der Waals surface area (Å²) >= 11 is 15.9. The lowest BCUT2D eigenvalue weighted by molar-refractivity contribution is 0.0959. The lowest BCUT2D eigenvalue weighted by Gasteiger charge is -2.23. The van der Waals surface area contributed by atoms with Gasteiger partial charge in [0, 0.05) is 49.5 Å². The number of amides is 2. The quantitative estimate of drug-likeness (QED) is 0.386. The molecule has 5 rings (SSSR count). The molecule has 0 spiro atoms. The van der Waals surface area contributed by atoms with E-state index in [2.05, 4.69) is 31.9 Å². The van der Waals surface area contributed by atoms with Gasteiger partial charge in [0.05, 0.1) is 17.3 Å². The van der Waals surface area contributed by atoms with E-state index < -0.39 is 17.8 Å². The van der Waals surface area contributed by atoms with Crippen molar-refractivity contribution in [3.8, 4) is 5.75 Å². The van der Waals surface area contributed by atoms with Gasteiger partial charge < -0.3 is 20.7 Å². The smallest absolute Gasteiger partial charge is 0.257 e. The average Bonchev–Trinajstić information content (AvgIpc) is 3.11. The van der Waals surface area contributed by atoms with E-state index >= 15 is 0 Å². The van der Waals surface area contributed by atoms with Crippen molar-refractivity contribution in [1.82, 2.24) is 5.32 Å². The van der Waals surface area contributed by atoms with Gasteiger partial charge >= 0.3 is 0 Å². The third-order valence-corrected chi connectivity index (χ3v) is 6.46. The summed E-state index contributed by atoms with van der Waals surface area (Å²) in [5.41, 5.74) is 2.43. The van der Waals surface area contributed by atoms with Crippen molar-refractivity contribution in [2.45, 2.75) is 6.04 Å². The van der Waals surface area contributed by atoms with Gasteiger partial charge in [0.15, 0.2) is 0 Å². The summed E-state index contributed by atoms with van der Waals surface area (Å²) in [7, 11) is 0. The fourth-order valence-corrected chi connectivity index (χ4v) is 4.95. The molecule has 3 aromatic rings. The molecule has 3 aromatic carbocycles. The van der Waals surface area contributed by atoms with Crippen LogP contribution in [0.15, 0.2) is 46.9 Å². The summed E-state index contributed by atoms with van der Waals surface area (Å²) in [4.78, 5) is 26.0. The number of rotatable bonds is 3. The van der Waals surface area contributed by atoms with Crippen molar-refractivity contribution in [1.29, 1.82) is 0 Å².